The van der Waals surface area contributed by atoms with Gasteiger partial charge in [-0.05, 0) is 50.3 Å². The van der Waals surface area contributed by atoms with Crippen LogP contribution in [0, 0.1) is 11.2 Å². The van der Waals surface area contributed by atoms with Gasteiger partial charge in [0.2, 0.25) is 5.91 Å². The van der Waals surface area contributed by atoms with Gasteiger partial charge in [-0.15, -0.1) is 0 Å². The lowest BCUT2D eigenvalue weighted by molar-refractivity contribution is -0.139. The summed E-state index contributed by atoms with van der Waals surface area (Å²) in [6, 6.07) is 5.85. The maximum absolute atomic E-state index is 13.3. The lowest BCUT2D eigenvalue weighted by Crippen LogP contribution is -2.52. The standard InChI is InChI=1S/C19H29FNO4P/c1-6-24-26(23,25-7-2)17-12-19(4,5)13-21(18(17)22)14(3)15-8-10-16(20)11-9-15/h8-11,14,17H,6-7,12-13H2,1-5H3/t14-,17?/m0/s1. The molecule has 2 atom stereocenters. The highest BCUT2D eigenvalue weighted by Gasteiger charge is 2.50. The Bertz CT molecular complexity index is 667. The van der Waals surface area contributed by atoms with Gasteiger partial charge in [-0.2, -0.15) is 0 Å². The van der Waals surface area contributed by atoms with Crippen LogP contribution >= 0.6 is 7.60 Å². The number of carbonyl (C=O) groups excluding carboxylic acids is 1. The molecule has 7 heteroatoms. The molecule has 0 saturated carbocycles. The van der Waals surface area contributed by atoms with Crippen molar-refractivity contribution in [2.24, 2.45) is 5.41 Å². The van der Waals surface area contributed by atoms with Crippen molar-refractivity contribution in [3.8, 4) is 0 Å². The fraction of sp³-hybridized carbons (Fsp3) is 0.632. The molecule has 26 heavy (non-hydrogen) atoms. The Hall–Kier alpha value is -1.23. The van der Waals surface area contributed by atoms with E-state index in [1.54, 1.807) is 30.9 Å². The Kier molecular flexibility index (Phi) is 6.65. The Morgan fingerprint density at radius 1 is 1.23 bits per heavy atom. The Labute approximate surface area is 155 Å². The number of likely N-dealkylation sites (tertiary alicyclic amines) is 1. The SMILES string of the molecule is CCOP(=O)(OCC)C1CC(C)(C)CN([C@@H](C)c2ccc(F)cc2)C1=O. The third-order valence-corrected chi connectivity index (χ3v) is 7.14. The van der Waals surface area contributed by atoms with E-state index in [1.807, 2.05) is 20.8 Å². The quantitative estimate of drug-likeness (QED) is 0.634. The lowest BCUT2D eigenvalue weighted by atomic mass is 9.82. The third kappa shape index (κ3) is 4.54. The molecule has 5 nitrogen and oxygen atoms in total. The van der Waals surface area contributed by atoms with Crippen LogP contribution in [0.2, 0.25) is 0 Å². The van der Waals surface area contributed by atoms with E-state index >= 15 is 0 Å². The van der Waals surface area contributed by atoms with Gasteiger partial charge in [-0.25, -0.2) is 4.39 Å². The van der Waals surface area contributed by atoms with Crippen LogP contribution in [-0.4, -0.2) is 36.2 Å². The van der Waals surface area contributed by atoms with Crippen molar-refractivity contribution in [1.82, 2.24) is 4.90 Å². The van der Waals surface area contributed by atoms with Gasteiger partial charge in [-0.1, -0.05) is 26.0 Å². The molecule has 0 radical (unpaired) electrons. The molecule has 1 heterocycles. The molecule has 2 rings (SSSR count). The molecular weight excluding hydrogens is 356 g/mol. The van der Waals surface area contributed by atoms with E-state index in [2.05, 4.69) is 0 Å². The van der Waals surface area contributed by atoms with E-state index in [9.17, 15) is 13.8 Å². The van der Waals surface area contributed by atoms with E-state index in [1.165, 1.54) is 12.1 Å². The van der Waals surface area contributed by atoms with Crippen molar-refractivity contribution < 1.29 is 22.8 Å². The molecule has 1 aliphatic heterocycles. The summed E-state index contributed by atoms with van der Waals surface area (Å²) in [5.41, 5.74) is -0.232. The third-order valence-electron chi connectivity index (χ3n) is 4.73. The fourth-order valence-electron chi connectivity index (χ4n) is 3.48. The van der Waals surface area contributed by atoms with Crippen LogP contribution in [0.15, 0.2) is 24.3 Å². The van der Waals surface area contributed by atoms with Gasteiger partial charge in [0.25, 0.3) is 0 Å². The van der Waals surface area contributed by atoms with Crippen LogP contribution in [0.1, 0.15) is 52.6 Å². The molecular formula is C19H29FNO4P. The van der Waals surface area contributed by atoms with Crippen LogP contribution < -0.4 is 0 Å². The summed E-state index contributed by atoms with van der Waals surface area (Å²) < 4.78 is 37.4. The summed E-state index contributed by atoms with van der Waals surface area (Å²) in [7, 11) is -3.56. The van der Waals surface area contributed by atoms with Crippen molar-refractivity contribution in [2.75, 3.05) is 19.8 Å². The maximum atomic E-state index is 13.3. The number of piperidine rings is 1. The minimum atomic E-state index is -3.56. The molecule has 1 aromatic carbocycles. The van der Waals surface area contributed by atoms with Crippen molar-refractivity contribution >= 4 is 13.5 Å². The molecule has 0 bridgehead atoms. The number of carbonyl (C=O) groups is 1. The number of amides is 1. The zero-order chi connectivity index (χ0) is 19.5. The predicted molar refractivity (Wildman–Crippen MR) is 99.6 cm³/mol. The highest BCUT2D eigenvalue weighted by molar-refractivity contribution is 7.55. The summed E-state index contributed by atoms with van der Waals surface area (Å²) in [6.07, 6.45) is 0.440. The second-order valence-corrected chi connectivity index (χ2v) is 9.67. The molecule has 1 aromatic rings. The molecule has 1 aliphatic rings. The molecule has 1 amide bonds. The molecule has 146 valence electrons. The molecule has 0 aliphatic carbocycles. The predicted octanol–water partition coefficient (Wildman–Crippen LogP) is 4.78. The minimum Gasteiger partial charge on any atom is -0.335 e. The van der Waals surface area contributed by atoms with Gasteiger partial charge in [-0.3, -0.25) is 9.36 Å². The van der Waals surface area contributed by atoms with E-state index in [0.717, 1.165) is 5.56 Å². The van der Waals surface area contributed by atoms with E-state index < -0.39 is 13.3 Å². The molecule has 1 fully saturated rings. The van der Waals surface area contributed by atoms with Crippen molar-refractivity contribution in [2.45, 2.75) is 52.7 Å². The highest BCUT2D eigenvalue weighted by atomic mass is 31.2. The Morgan fingerprint density at radius 3 is 2.27 bits per heavy atom. The topological polar surface area (TPSA) is 55.8 Å². The van der Waals surface area contributed by atoms with E-state index in [0.29, 0.717) is 13.0 Å². The average molecular weight is 385 g/mol. The summed E-state index contributed by atoms with van der Waals surface area (Å²) in [5, 5.41) is 0. The largest absolute Gasteiger partial charge is 0.343 e. The van der Waals surface area contributed by atoms with Gasteiger partial charge in [0.1, 0.15) is 11.5 Å². The number of rotatable bonds is 7. The first-order valence-corrected chi connectivity index (χ1v) is 10.7. The molecule has 0 N–H and O–H groups in total. The first-order chi connectivity index (χ1) is 12.1. The zero-order valence-corrected chi connectivity index (χ0v) is 17.1. The van der Waals surface area contributed by atoms with Crippen LogP contribution in [0.4, 0.5) is 4.39 Å². The monoisotopic (exact) mass is 385 g/mol. The first-order valence-electron chi connectivity index (χ1n) is 9.08. The lowest BCUT2D eigenvalue weighted by Gasteiger charge is -2.45. The molecule has 1 unspecified atom stereocenters. The van der Waals surface area contributed by atoms with E-state index in [-0.39, 0.29) is 36.4 Å². The van der Waals surface area contributed by atoms with Gasteiger partial charge >= 0.3 is 7.60 Å². The second kappa shape index (κ2) is 8.20. The number of nitrogens with zero attached hydrogens (tertiary/aromatic N) is 1. The highest BCUT2D eigenvalue weighted by Crippen LogP contribution is 2.58. The van der Waals surface area contributed by atoms with Crippen molar-refractivity contribution in [3.05, 3.63) is 35.6 Å². The van der Waals surface area contributed by atoms with Crippen molar-refractivity contribution in [1.29, 1.82) is 0 Å². The van der Waals surface area contributed by atoms with Gasteiger partial charge in [0.15, 0.2) is 0 Å². The average Bonchev–Trinajstić information content (AvgIpc) is 2.57. The van der Waals surface area contributed by atoms with E-state index in [4.69, 9.17) is 9.05 Å². The summed E-state index contributed by atoms with van der Waals surface area (Å²) in [5.74, 6) is -0.548. The number of benzene rings is 1. The number of hydrogen-bond acceptors (Lipinski definition) is 4. The van der Waals surface area contributed by atoms with Gasteiger partial charge in [0, 0.05) is 6.54 Å². The minimum absolute atomic E-state index is 0.217. The second-order valence-electron chi connectivity index (χ2n) is 7.45. The molecule has 0 aromatic heterocycles. The Balaban J connectivity index is 2.36. The summed E-state index contributed by atoms with van der Waals surface area (Å²) in [4.78, 5) is 14.9. The number of halogens is 1. The fourth-order valence-corrected chi connectivity index (χ4v) is 5.77. The first kappa shape index (κ1) is 21.1. The van der Waals surface area contributed by atoms with Crippen LogP contribution in [0.3, 0.4) is 0 Å². The summed E-state index contributed by atoms with van der Waals surface area (Å²) in [6.45, 7) is 10.4. The van der Waals surface area contributed by atoms with Gasteiger partial charge < -0.3 is 13.9 Å². The normalized spacial score (nSPS) is 21.7. The Morgan fingerprint density at radius 2 is 1.77 bits per heavy atom. The number of hydrogen-bond donors (Lipinski definition) is 0. The van der Waals surface area contributed by atoms with Gasteiger partial charge in [0.05, 0.1) is 19.3 Å². The summed E-state index contributed by atoms with van der Waals surface area (Å²) >= 11 is 0. The van der Waals surface area contributed by atoms with Crippen LogP contribution in [0.5, 0.6) is 0 Å². The van der Waals surface area contributed by atoms with Crippen LogP contribution in [-0.2, 0) is 18.4 Å². The zero-order valence-electron chi connectivity index (χ0n) is 16.2. The smallest absolute Gasteiger partial charge is 0.335 e. The van der Waals surface area contributed by atoms with Crippen molar-refractivity contribution in [3.63, 3.8) is 0 Å². The molecule has 1 saturated heterocycles. The maximum Gasteiger partial charge on any atom is 0.343 e. The molecule has 0 spiro atoms. The van der Waals surface area contributed by atoms with Crippen LogP contribution in [0.25, 0.3) is 0 Å².